The Bertz CT molecular complexity index is 1520. The fourth-order valence-corrected chi connectivity index (χ4v) is 7.50. The van der Waals surface area contributed by atoms with Gasteiger partial charge in [0.15, 0.2) is 0 Å². The highest BCUT2D eigenvalue weighted by atomic mass is 35.5. The van der Waals surface area contributed by atoms with Crippen molar-refractivity contribution >= 4 is 29.4 Å². The number of alkyl halides is 3. The number of carbonyl (C=O) groups is 3. The van der Waals surface area contributed by atoms with E-state index in [1.807, 2.05) is 0 Å². The normalized spacial score (nSPS) is 24.5. The van der Waals surface area contributed by atoms with Crippen LogP contribution in [-0.2, 0) is 32.1 Å². The fraction of sp³-hybridized carbons (Fsp3) is 0.559. The van der Waals surface area contributed by atoms with Crippen LogP contribution < -0.4 is 14.2 Å². The Morgan fingerprint density at radius 3 is 2.45 bits per heavy atom. The van der Waals surface area contributed by atoms with Gasteiger partial charge in [-0.1, -0.05) is 24.4 Å². The van der Waals surface area contributed by atoms with E-state index in [1.54, 1.807) is 42.2 Å². The van der Waals surface area contributed by atoms with Gasteiger partial charge in [0.05, 0.1) is 44.6 Å². The molecule has 1 aliphatic carbocycles. The number of ether oxygens (including phenoxy) is 4. The maximum atomic E-state index is 14.6. The van der Waals surface area contributed by atoms with Crippen LogP contribution in [0.2, 0.25) is 5.02 Å². The van der Waals surface area contributed by atoms with Crippen LogP contribution in [0, 0.1) is 17.3 Å². The molecule has 2 heterocycles. The van der Waals surface area contributed by atoms with Crippen molar-refractivity contribution in [3.63, 3.8) is 0 Å². The van der Waals surface area contributed by atoms with Gasteiger partial charge in [-0.3, -0.25) is 14.4 Å². The third-order valence-electron chi connectivity index (χ3n) is 9.97. The van der Waals surface area contributed by atoms with E-state index < -0.39 is 54.3 Å². The van der Waals surface area contributed by atoms with Gasteiger partial charge in [0.2, 0.25) is 11.8 Å². The zero-order valence-corrected chi connectivity index (χ0v) is 27.7. The Morgan fingerprint density at radius 1 is 1.04 bits per heavy atom. The van der Waals surface area contributed by atoms with Gasteiger partial charge in [-0.2, -0.15) is 13.2 Å². The summed E-state index contributed by atoms with van der Waals surface area (Å²) in [4.78, 5) is 44.1. The van der Waals surface area contributed by atoms with Gasteiger partial charge in [-0.25, -0.2) is 0 Å². The monoisotopic (exact) mass is 680 g/mol. The second-order valence-electron chi connectivity index (χ2n) is 12.7. The molecule has 2 amide bonds. The van der Waals surface area contributed by atoms with E-state index in [0.29, 0.717) is 59.1 Å². The van der Waals surface area contributed by atoms with Crippen LogP contribution >= 0.6 is 11.6 Å². The van der Waals surface area contributed by atoms with Gasteiger partial charge in [0.25, 0.3) is 0 Å². The second-order valence-corrected chi connectivity index (χ2v) is 13.1. The van der Waals surface area contributed by atoms with Gasteiger partial charge in [0, 0.05) is 48.3 Å². The number of hydrogen-bond donors (Lipinski definition) is 0. The molecular formula is C34H40ClF3N2O7. The first-order valence-corrected chi connectivity index (χ1v) is 16.1. The number of benzene rings is 2. The Morgan fingerprint density at radius 2 is 1.79 bits per heavy atom. The minimum Gasteiger partial charge on any atom is -0.497 e. The summed E-state index contributed by atoms with van der Waals surface area (Å²) in [6, 6.07) is 7.67. The smallest absolute Gasteiger partial charge is 0.394 e. The number of fused-ring (bicyclic) bond motifs is 1. The molecule has 0 radical (unpaired) electrons. The molecule has 2 aliphatic heterocycles. The molecule has 1 unspecified atom stereocenters. The Balaban J connectivity index is 1.44. The lowest BCUT2D eigenvalue weighted by atomic mass is 9.66. The van der Waals surface area contributed by atoms with Crippen molar-refractivity contribution in [1.29, 1.82) is 0 Å². The molecule has 0 aromatic heterocycles. The molecule has 0 spiro atoms. The standard InChI is InChI=1S/C34H40ClF3N2O7/c1-33(32(43)47-19-20-8-9-22(44-2)16-28(20)46-4)13-6-5-7-24(33)31(42)40-14-12-23-25(35)10-11-27(45-3)30(23)26(40)18-39-17-21(15-29(39)41)34(36,37)38/h8-11,16,21,24,26H,5-7,12-15,17-19H2,1-4H3/t21?,24-,26+,33-/m0/s1. The largest absolute Gasteiger partial charge is 0.497 e. The molecule has 1 saturated carbocycles. The number of esters is 1. The van der Waals surface area contributed by atoms with E-state index in [4.69, 9.17) is 30.5 Å². The third kappa shape index (κ3) is 6.84. The van der Waals surface area contributed by atoms with Crippen LogP contribution in [0.4, 0.5) is 13.2 Å². The average molecular weight is 681 g/mol. The van der Waals surface area contributed by atoms with Crippen molar-refractivity contribution in [2.45, 2.75) is 64.3 Å². The quantitative estimate of drug-likeness (QED) is 0.294. The van der Waals surface area contributed by atoms with Gasteiger partial charge >= 0.3 is 12.1 Å². The summed E-state index contributed by atoms with van der Waals surface area (Å²) in [5, 5.41) is 0.443. The van der Waals surface area contributed by atoms with Gasteiger partial charge in [-0.15, -0.1) is 0 Å². The summed E-state index contributed by atoms with van der Waals surface area (Å²) in [6.45, 7) is 1.21. The summed E-state index contributed by atoms with van der Waals surface area (Å²) in [5.74, 6) is -2.52. The van der Waals surface area contributed by atoms with Crippen molar-refractivity contribution in [1.82, 2.24) is 9.80 Å². The van der Waals surface area contributed by atoms with Gasteiger partial charge in [0.1, 0.15) is 23.9 Å². The van der Waals surface area contributed by atoms with E-state index in [2.05, 4.69) is 0 Å². The highest BCUT2D eigenvalue weighted by molar-refractivity contribution is 6.31. The number of methoxy groups -OCH3 is 3. The lowest BCUT2D eigenvalue weighted by Gasteiger charge is -2.45. The number of hydrogen-bond acceptors (Lipinski definition) is 7. The molecule has 47 heavy (non-hydrogen) atoms. The third-order valence-corrected chi connectivity index (χ3v) is 10.3. The number of rotatable bonds is 9. The minimum absolute atomic E-state index is 0.0740. The summed E-state index contributed by atoms with van der Waals surface area (Å²) < 4.78 is 63.0. The predicted octanol–water partition coefficient (Wildman–Crippen LogP) is 6.14. The van der Waals surface area contributed by atoms with Crippen molar-refractivity contribution in [3.8, 4) is 17.2 Å². The van der Waals surface area contributed by atoms with Gasteiger partial charge < -0.3 is 28.7 Å². The number of amides is 2. The first-order valence-electron chi connectivity index (χ1n) is 15.7. The number of halogens is 4. The van der Waals surface area contributed by atoms with E-state index >= 15 is 0 Å². The van der Waals surface area contributed by atoms with Crippen molar-refractivity contribution < 1.29 is 46.5 Å². The van der Waals surface area contributed by atoms with Crippen LogP contribution in [0.1, 0.15) is 61.8 Å². The molecule has 256 valence electrons. The molecule has 0 N–H and O–H groups in total. The van der Waals surface area contributed by atoms with Crippen molar-refractivity contribution in [2.75, 3.05) is 41.0 Å². The number of likely N-dealkylation sites (tertiary alicyclic amines) is 1. The molecule has 3 aliphatic rings. The summed E-state index contributed by atoms with van der Waals surface area (Å²) in [5.41, 5.74) is 0.754. The topological polar surface area (TPSA) is 94.6 Å². The predicted molar refractivity (Wildman–Crippen MR) is 166 cm³/mol. The first kappa shape index (κ1) is 34.7. The number of nitrogens with zero attached hydrogens (tertiary/aromatic N) is 2. The average Bonchev–Trinajstić information content (AvgIpc) is 3.44. The number of carbonyl (C=O) groups excluding carboxylic acids is 3. The van der Waals surface area contributed by atoms with E-state index in [1.165, 1.54) is 26.2 Å². The Hall–Kier alpha value is -3.67. The van der Waals surface area contributed by atoms with Crippen LogP contribution in [0.5, 0.6) is 17.2 Å². The van der Waals surface area contributed by atoms with Crippen LogP contribution in [0.3, 0.4) is 0 Å². The second kappa shape index (κ2) is 13.8. The Labute approximate surface area is 277 Å². The van der Waals surface area contributed by atoms with Crippen LogP contribution in [0.25, 0.3) is 0 Å². The molecule has 13 heteroatoms. The van der Waals surface area contributed by atoms with E-state index in [0.717, 1.165) is 12.0 Å². The van der Waals surface area contributed by atoms with Crippen molar-refractivity contribution in [2.24, 2.45) is 17.3 Å². The Kier molecular flexibility index (Phi) is 10.2. The highest BCUT2D eigenvalue weighted by Gasteiger charge is 2.52. The summed E-state index contributed by atoms with van der Waals surface area (Å²) >= 11 is 6.59. The molecule has 1 saturated heterocycles. The molecule has 2 aromatic rings. The molecule has 2 aromatic carbocycles. The first-order chi connectivity index (χ1) is 22.3. The SMILES string of the molecule is COc1ccc(COC(=O)[C@@]2(C)CCCC[C@H]2C(=O)N2CCc3c(Cl)ccc(OC)c3[C@H]2CN2CC(C(F)(F)F)CC2=O)c(OC)c1. The fourth-order valence-electron chi connectivity index (χ4n) is 7.24. The minimum atomic E-state index is -4.52. The molecule has 0 bridgehead atoms. The zero-order chi connectivity index (χ0) is 34.1. The van der Waals surface area contributed by atoms with Crippen LogP contribution in [0.15, 0.2) is 30.3 Å². The maximum Gasteiger partial charge on any atom is 0.394 e. The van der Waals surface area contributed by atoms with Crippen molar-refractivity contribution in [3.05, 3.63) is 52.0 Å². The molecule has 2 fully saturated rings. The van der Waals surface area contributed by atoms with E-state index in [-0.39, 0.29) is 25.6 Å². The molecule has 9 nitrogen and oxygen atoms in total. The lowest BCUT2D eigenvalue weighted by molar-refractivity contribution is -0.171. The summed E-state index contributed by atoms with van der Waals surface area (Å²) in [6.07, 6.45) is -2.51. The van der Waals surface area contributed by atoms with E-state index in [9.17, 15) is 27.6 Å². The molecule has 5 rings (SSSR count). The maximum absolute atomic E-state index is 14.6. The highest BCUT2D eigenvalue weighted by Crippen LogP contribution is 2.47. The van der Waals surface area contributed by atoms with Crippen LogP contribution in [-0.4, -0.2) is 74.7 Å². The zero-order valence-electron chi connectivity index (χ0n) is 27.0. The lowest BCUT2D eigenvalue weighted by Crippen LogP contribution is -2.53. The molecular weight excluding hydrogens is 641 g/mol. The molecule has 4 atom stereocenters. The summed E-state index contributed by atoms with van der Waals surface area (Å²) in [7, 11) is 4.51. The van der Waals surface area contributed by atoms with Gasteiger partial charge in [-0.05, 0) is 56.0 Å².